The molecule has 0 saturated heterocycles. The molecular formula is C9H9BS. The lowest BCUT2D eigenvalue weighted by atomic mass is 10.1. The van der Waals surface area contributed by atoms with Crippen LogP contribution in [0.1, 0.15) is 5.56 Å². The molecule has 0 bridgehead atoms. The normalized spacial score (nSPS) is 10.6. The zero-order chi connectivity index (χ0) is 7.84. The van der Waals surface area contributed by atoms with Gasteiger partial charge in [-0.15, -0.1) is 0 Å². The van der Waals surface area contributed by atoms with E-state index in [0.717, 1.165) is 0 Å². The fourth-order valence-corrected chi connectivity index (χ4v) is 2.20. The van der Waals surface area contributed by atoms with Gasteiger partial charge in [0.1, 0.15) is 0 Å². The highest BCUT2D eigenvalue weighted by molar-refractivity contribution is 7.26. The van der Waals surface area contributed by atoms with E-state index in [0.29, 0.717) is 0 Å². The Bertz CT molecular complexity index is 389. The Morgan fingerprint density at radius 1 is 1.27 bits per heavy atom. The molecule has 0 atom stereocenters. The number of benzene rings is 1. The van der Waals surface area contributed by atoms with Crippen molar-refractivity contribution in [3.8, 4) is 0 Å². The Kier molecular flexibility index (Phi) is 1.50. The second-order valence-electron chi connectivity index (χ2n) is 2.90. The number of rotatable bonds is 0. The minimum Gasteiger partial charge on any atom is -0.151 e. The number of aryl methyl sites for hydroxylation is 1. The summed E-state index contributed by atoms with van der Waals surface area (Å²) in [7, 11) is 2.15. The summed E-state index contributed by atoms with van der Waals surface area (Å²) in [6.45, 7) is 2.13. The van der Waals surface area contributed by atoms with Crippen LogP contribution in [0.15, 0.2) is 24.3 Å². The van der Waals surface area contributed by atoms with Gasteiger partial charge in [0.2, 0.25) is 0 Å². The maximum Gasteiger partial charge on any atom is 0.152 e. The number of hydrogen-bond donors (Lipinski definition) is 0. The summed E-state index contributed by atoms with van der Waals surface area (Å²) >= 11 is 1.86. The molecule has 54 valence electrons. The quantitative estimate of drug-likeness (QED) is 0.512. The molecule has 0 N–H and O–H groups in total. The molecule has 0 aliphatic heterocycles. The van der Waals surface area contributed by atoms with Crippen LogP contribution >= 0.6 is 11.3 Å². The fraction of sp³-hybridized carbons (Fsp3) is 0.111. The van der Waals surface area contributed by atoms with Gasteiger partial charge in [-0.1, -0.05) is 23.8 Å². The molecule has 2 heteroatoms. The van der Waals surface area contributed by atoms with Crippen molar-refractivity contribution in [2.45, 2.75) is 6.92 Å². The zero-order valence-corrected chi connectivity index (χ0v) is 7.53. The van der Waals surface area contributed by atoms with Gasteiger partial charge in [0.25, 0.3) is 0 Å². The summed E-state index contributed by atoms with van der Waals surface area (Å²) in [4.78, 5) is 0. The molecule has 0 amide bonds. The Balaban J connectivity index is 2.82. The summed E-state index contributed by atoms with van der Waals surface area (Å²) in [6.07, 6.45) is 0. The van der Waals surface area contributed by atoms with Crippen molar-refractivity contribution in [1.29, 1.82) is 0 Å². The van der Waals surface area contributed by atoms with Gasteiger partial charge in [0.05, 0.1) is 0 Å². The molecule has 0 unspecified atom stereocenters. The van der Waals surface area contributed by atoms with E-state index in [4.69, 9.17) is 0 Å². The third kappa shape index (κ3) is 1.18. The van der Waals surface area contributed by atoms with Gasteiger partial charge in [-0.05, 0) is 23.2 Å². The second kappa shape index (κ2) is 2.38. The summed E-state index contributed by atoms with van der Waals surface area (Å²) < 4.78 is 2.79. The van der Waals surface area contributed by atoms with Crippen LogP contribution in [0.25, 0.3) is 10.1 Å². The number of fused-ring (bicyclic) bond motifs is 1. The van der Waals surface area contributed by atoms with E-state index in [-0.39, 0.29) is 0 Å². The van der Waals surface area contributed by atoms with Crippen molar-refractivity contribution >= 4 is 34.0 Å². The Hall–Kier alpha value is -0.755. The molecule has 1 heterocycles. The van der Waals surface area contributed by atoms with Crippen LogP contribution in [0, 0.1) is 6.92 Å². The second-order valence-corrected chi connectivity index (χ2v) is 4.19. The molecule has 1 aromatic heterocycles. The number of hydrogen-bond acceptors (Lipinski definition) is 1. The van der Waals surface area contributed by atoms with E-state index in [9.17, 15) is 0 Å². The highest BCUT2D eigenvalue weighted by atomic mass is 32.1. The predicted molar refractivity (Wildman–Crippen MR) is 54.7 cm³/mol. The van der Waals surface area contributed by atoms with E-state index >= 15 is 0 Å². The SMILES string of the molecule is Bc1cc2cc(C)ccc2s1. The van der Waals surface area contributed by atoms with E-state index in [1.165, 1.54) is 20.4 Å². The smallest absolute Gasteiger partial charge is 0.151 e. The topological polar surface area (TPSA) is 0 Å². The minimum atomic E-state index is 1.34. The first-order valence-corrected chi connectivity index (χ1v) is 4.54. The lowest BCUT2D eigenvalue weighted by Crippen LogP contribution is -1.88. The van der Waals surface area contributed by atoms with Crippen molar-refractivity contribution in [3.05, 3.63) is 29.8 Å². The maximum absolute atomic E-state index is 2.24. The summed E-state index contributed by atoms with van der Waals surface area (Å²) in [5.41, 5.74) is 1.34. The Labute approximate surface area is 71.3 Å². The van der Waals surface area contributed by atoms with Gasteiger partial charge in [0, 0.05) is 4.70 Å². The molecule has 11 heavy (non-hydrogen) atoms. The van der Waals surface area contributed by atoms with Crippen molar-refractivity contribution < 1.29 is 0 Å². The molecule has 2 rings (SSSR count). The van der Waals surface area contributed by atoms with Crippen LogP contribution in [0.2, 0.25) is 0 Å². The van der Waals surface area contributed by atoms with Crippen molar-refractivity contribution in [2.75, 3.05) is 0 Å². The van der Waals surface area contributed by atoms with Crippen molar-refractivity contribution in [2.24, 2.45) is 0 Å². The monoisotopic (exact) mass is 160 g/mol. The van der Waals surface area contributed by atoms with E-state index < -0.39 is 0 Å². The summed E-state index contributed by atoms with van der Waals surface area (Å²) in [6, 6.07) is 8.84. The van der Waals surface area contributed by atoms with Gasteiger partial charge in [-0.3, -0.25) is 0 Å². The Morgan fingerprint density at radius 2 is 2.09 bits per heavy atom. The lowest BCUT2D eigenvalue weighted by molar-refractivity contribution is 1.52. The molecule has 0 aliphatic carbocycles. The van der Waals surface area contributed by atoms with E-state index in [1.54, 1.807) is 0 Å². The molecule has 0 fully saturated rings. The van der Waals surface area contributed by atoms with E-state index in [1.807, 2.05) is 11.3 Å². The van der Waals surface area contributed by atoms with Crippen molar-refractivity contribution in [1.82, 2.24) is 0 Å². The molecule has 0 radical (unpaired) electrons. The average molecular weight is 160 g/mol. The van der Waals surface area contributed by atoms with Crippen LogP contribution in [0.5, 0.6) is 0 Å². The minimum absolute atomic E-state index is 1.34. The van der Waals surface area contributed by atoms with Gasteiger partial charge < -0.3 is 0 Å². The molecule has 0 saturated carbocycles. The third-order valence-corrected chi connectivity index (χ3v) is 2.83. The molecule has 0 nitrogen and oxygen atoms in total. The zero-order valence-electron chi connectivity index (χ0n) is 6.72. The largest absolute Gasteiger partial charge is 0.152 e. The van der Waals surface area contributed by atoms with Crippen LogP contribution in [0.4, 0.5) is 0 Å². The Morgan fingerprint density at radius 3 is 2.91 bits per heavy atom. The highest BCUT2D eigenvalue weighted by Crippen LogP contribution is 2.19. The first-order valence-electron chi connectivity index (χ1n) is 3.72. The van der Waals surface area contributed by atoms with Crippen LogP contribution in [0.3, 0.4) is 0 Å². The van der Waals surface area contributed by atoms with Gasteiger partial charge in [-0.2, -0.15) is 11.3 Å². The molecule has 0 spiro atoms. The third-order valence-electron chi connectivity index (χ3n) is 1.80. The highest BCUT2D eigenvalue weighted by Gasteiger charge is 1.96. The van der Waals surface area contributed by atoms with Gasteiger partial charge in [0.15, 0.2) is 7.85 Å². The predicted octanol–water partition coefficient (Wildman–Crippen LogP) is 1.47. The first kappa shape index (κ1) is 6.92. The molecule has 0 aliphatic rings. The standard InChI is InChI=1S/C9H9BS/c1-6-2-3-8-7(4-6)5-9(10)11-8/h2-5H,10H2,1H3. The molecular weight excluding hydrogens is 151 g/mol. The van der Waals surface area contributed by atoms with Gasteiger partial charge in [-0.25, -0.2) is 0 Å². The summed E-state index contributed by atoms with van der Waals surface area (Å²) in [5, 5.41) is 1.38. The summed E-state index contributed by atoms with van der Waals surface area (Å²) in [5.74, 6) is 0. The molecule has 2 aromatic rings. The lowest BCUT2D eigenvalue weighted by Gasteiger charge is -1.90. The average Bonchev–Trinajstić information content (AvgIpc) is 2.27. The first-order chi connectivity index (χ1) is 5.25. The van der Waals surface area contributed by atoms with Crippen LogP contribution in [-0.2, 0) is 0 Å². The molecule has 1 aromatic carbocycles. The fourth-order valence-electron chi connectivity index (χ4n) is 1.30. The maximum atomic E-state index is 2.24. The van der Waals surface area contributed by atoms with Gasteiger partial charge >= 0.3 is 0 Å². The number of thiophene rings is 1. The van der Waals surface area contributed by atoms with E-state index in [2.05, 4.69) is 39.0 Å². The van der Waals surface area contributed by atoms with Crippen LogP contribution < -0.4 is 4.78 Å². The van der Waals surface area contributed by atoms with Crippen LogP contribution in [-0.4, -0.2) is 7.85 Å². The van der Waals surface area contributed by atoms with Crippen molar-refractivity contribution in [3.63, 3.8) is 0 Å².